The SMILES string of the molecule is COc1ccc(COC(=O)[C@H](CCC(=O)N2CCCC2)NC(=O)OC(C)(C)C)cc1. The van der Waals surface area contributed by atoms with Gasteiger partial charge in [0.2, 0.25) is 5.91 Å². The zero-order valence-corrected chi connectivity index (χ0v) is 18.2. The van der Waals surface area contributed by atoms with Gasteiger partial charge in [0.25, 0.3) is 0 Å². The molecular weight excluding hydrogens is 388 g/mol. The molecule has 0 aliphatic carbocycles. The number of rotatable bonds is 8. The standard InChI is InChI=1S/C22H32N2O6/c1-22(2,3)30-21(27)23-18(11-12-19(25)24-13-5-6-14-24)20(26)29-15-16-7-9-17(28-4)10-8-16/h7-10,18H,5-6,11-15H2,1-4H3,(H,23,27)/t18-/m0/s1. The molecule has 1 saturated heterocycles. The van der Waals surface area contributed by atoms with Crippen LogP contribution in [0.1, 0.15) is 52.0 Å². The first-order valence-electron chi connectivity index (χ1n) is 10.2. The summed E-state index contributed by atoms with van der Waals surface area (Å²) >= 11 is 0. The van der Waals surface area contributed by atoms with Gasteiger partial charge in [0.05, 0.1) is 7.11 Å². The summed E-state index contributed by atoms with van der Waals surface area (Å²) in [5.74, 6) is 0.0762. The highest BCUT2D eigenvalue weighted by Crippen LogP contribution is 2.15. The van der Waals surface area contributed by atoms with Gasteiger partial charge < -0.3 is 24.4 Å². The molecule has 166 valence electrons. The lowest BCUT2D eigenvalue weighted by Gasteiger charge is -2.23. The summed E-state index contributed by atoms with van der Waals surface area (Å²) in [6, 6.07) is 6.16. The van der Waals surface area contributed by atoms with E-state index >= 15 is 0 Å². The molecule has 1 aliphatic rings. The zero-order valence-electron chi connectivity index (χ0n) is 18.2. The Hall–Kier alpha value is -2.77. The van der Waals surface area contributed by atoms with Crippen molar-refractivity contribution in [3.63, 3.8) is 0 Å². The summed E-state index contributed by atoms with van der Waals surface area (Å²) in [6.07, 6.45) is 1.57. The van der Waals surface area contributed by atoms with Crippen LogP contribution in [0.15, 0.2) is 24.3 Å². The van der Waals surface area contributed by atoms with Crippen molar-refractivity contribution >= 4 is 18.0 Å². The van der Waals surface area contributed by atoms with Crippen LogP contribution in [0.25, 0.3) is 0 Å². The predicted molar refractivity (Wildman–Crippen MR) is 111 cm³/mol. The van der Waals surface area contributed by atoms with Crippen molar-refractivity contribution in [2.45, 2.75) is 64.7 Å². The number of benzene rings is 1. The highest BCUT2D eigenvalue weighted by molar-refractivity contribution is 5.83. The number of hydrogen-bond acceptors (Lipinski definition) is 6. The molecule has 1 aromatic rings. The number of nitrogens with one attached hydrogen (secondary N) is 1. The third-order valence-corrected chi connectivity index (χ3v) is 4.62. The number of amides is 2. The number of methoxy groups -OCH3 is 1. The Morgan fingerprint density at radius 1 is 1.10 bits per heavy atom. The van der Waals surface area contributed by atoms with Gasteiger partial charge in [-0.3, -0.25) is 4.79 Å². The molecule has 0 unspecified atom stereocenters. The number of carbonyl (C=O) groups excluding carboxylic acids is 3. The van der Waals surface area contributed by atoms with Crippen LogP contribution >= 0.6 is 0 Å². The molecule has 1 N–H and O–H groups in total. The van der Waals surface area contributed by atoms with Crippen LogP contribution in [0, 0.1) is 0 Å². The van der Waals surface area contributed by atoms with E-state index in [1.807, 2.05) is 0 Å². The molecule has 1 aliphatic heterocycles. The second-order valence-electron chi connectivity index (χ2n) is 8.28. The molecule has 30 heavy (non-hydrogen) atoms. The van der Waals surface area contributed by atoms with Gasteiger partial charge in [-0.25, -0.2) is 9.59 Å². The van der Waals surface area contributed by atoms with E-state index in [1.54, 1.807) is 57.0 Å². The van der Waals surface area contributed by atoms with Crippen molar-refractivity contribution in [3.8, 4) is 5.75 Å². The Labute approximate surface area is 177 Å². The molecule has 0 spiro atoms. The molecule has 8 heteroatoms. The first-order valence-corrected chi connectivity index (χ1v) is 10.2. The number of hydrogen-bond donors (Lipinski definition) is 1. The van der Waals surface area contributed by atoms with E-state index in [-0.39, 0.29) is 25.4 Å². The lowest BCUT2D eigenvalue weighted by Crippen LogP contribution is -2.45. The van der Waals surface area contributed by atoms with Crippen molar-refractivity contribution in [2.24, 2.45) is 0 Å². The first-order chi connectivity index (χ1) is 14.2. The van der Waals surface area contributed by atoms with E-state index in [0.717, 1.165) is 31.5 Å². The Bertz CT molecular complexity index is 720. The minimum atomic E-state index is -0.968. The maximum atomic E-state index is 12.6. The van der Waals surface area contributed by atoms with Crippen molar-refractivity contribution < 1.29 is 28.6 Å². The van der Waals surface area contributed by atoms with E-state index in [2.05, 4.69) is 5.32 Å². The van der Waals surface area contributed by atoms with Gasteiger partial charge in [-0.05, 0) is 57.7 Å². The molecule has 1 atom stereocenters. The van der Waals surface area contributed by atoms with Gasteiger partial charge in [0, 0.05) is 19.5 Å². The quantitative estimate of drug-likeness (QED) is 0.650. The van der Waals surface area contributed by atoms with Crippen LogP contribution in [-0.4, -0.2) is 54.7 Å². The van der Waals surface area contributed by atoms with E-state index in [1.165, 1.54) is 0 Å². The summed E-state index contributed by atoms with van der Waals surface area (Å²) in [4.78, 5) is 38.9. The Balaban J connectivity index is 1.95. The molecule has 2 amide bonds. The fraction of sp³-hybridized carbons (Fsp3) is 0.591. The molecule has 2 rings (SSSR count). The molecule has 1 heterocycles. The second kappa shape index (κ2) is 10.8. The number of ether oxygens (including phenoxy) is 3. The van der Waals surface area contributed by atoms with Crippen LogP contribution in [-0.2, 0) is 25.7 Å². The summed E-state index contributed by atoms with van der Waals surface area (Å²) in [6.45, 7) is 6.74. The van der Waals surface area contributed by atoms with Gasteiger partial charge in [0.1, 0.15) is 24.0 Å². The van der Waals surface area contributed by atoms with Crippen LogP contribution in [0.5, 0.6) is 5.75 Å². The van der Waals surface area contributed by atoms with E-state index < -0.39 is 23.7 Å². The number of esters is 1. The average molecular weight is 421 g/mol. The molecule has 1 fully saturated rings. The van der Waals surface area contributed by atoms with Crippen LogP contribution in [0.2, 0.25) is 0 Å². The van der Waals surface area contributed by atoms with Crippen LogP contribution in [0.4, 0.5) is 4.79 Å². The topological polar surface area (TPSA) is 94.2 Å². The normalized spacial score (nSPS) is 14.7. The highest BCUT2D eigenvalue weighted by atomic mass is 16.6. The molecule has 0 bridgehead atoms. The lowest BCUT2D eigenvalue weighted by molar-refractivity contribution is -0.147. The third-order valence-electron chi connectivity index (χ3n) is 4.62. The van der Waals surface area contributed by atoms with Gasteiger partial charge >= 0.3 is 12.1 Å². The van der Waals surface area contributed by atoms with Crippen LogP contribution < -0.4 is 10.1 Å². The third kappa shape index (κ3) is 7.93. The molecule has 1 aromatic carbocycles. The van der Waals surface area contributed by atoms with Crippen molar-refractivity contribution in [1.29, 1.82) is 0 Å². The van der Waals surface area contributed by atoms with Crippen molar-refractivity contribution in [1.82, 2.24) is 10.2 Å². The molecular formula is C22H32N2O6. The first kappa shape index (κ1) is 23.5. The Kier molecular flexibility index (Phi) is 8.50. The van der Waals surface area contributed by atoms with Gasteiger partial charge in [-0.2, -0.15) is 0 Å². The average Bonchev–Trinajstić information content (AvgIpc) is 3.23. The van der Waals surface area contributed by atoms with Gasteiger partial charge in [-0.15, -0.1) is 0 Å². The molecule has 0 saturated carbocycles. The Morgan fingerprint density at radius 2 is 1.73 bits per heavy atom. The maximum absolute atomic E-state index is 12.6. The zero-order chi connectivity index (χ0) is 22.1. The number of likely N-dealkylation sites (tertiary alicyclic amines) is 1. The van der Waals surface area contributed by atoms with Crippen molar-refractivity contribution in [3.05, 3.63) is 29.8 Å². The molecule has 0 radical (unpaired) electrons. The lowest BCUT2D eigenvalue weighted by atomic mass is 10.1. The predicted octanol–water partition coefficient (Wildman–Crippen LogP) is 3.03. The fourth-order valence-electron chi connectivity index (χ4n) is 3.07. The van der Waals surface area contributed by atoms with Gasteiger partial charge in [-0.1, -0.05) is 12.1 Å². The second-order valence-corrected chi connectivity index (χ2v) is 8.28. The summed E-state index contributed by atoms with van der Waals surface area (Å²) in [7, 11) is 1.57. The molecule has 8 nitrogen and oxygen atoms in total. The Morgan fingerprint density at radius 3 is 2.30 bits per heavy atom. The minimum absolute atomic E-state index is 0.0218. The van der Waals surface area contributed by atoms with E-state index in [4.69, 9.17) is 14.2 Å². The summed E-state index contributed by atoms with van der Waals surface area (Å²) in [5, 5.41) is 2.55. The molecule has 0 aromatic heterocycles. The highest BCUT2D eigenvalue weighted by Gasteiger charge is 2.27. The maximum Gasteiger partial charge on any atom is 0.408 e. The minimum Gasteiger partial charge on any atom is -0.497 e. The number of carbonyl (C=O) groups is 3. The smallest absolute Gasteiger partial charge is 0.408 e. The largest absolute Gasteiger partial charge is 0.497 e. The van der Waals surface area contributed by atoms with E-state index in [0.29, 0.717) is 5.75 Å². The van der Waals surface area contributed by atoms with Crippen LogP contribution in [0.3, 0.4) is 0 Å². The monoisotopic (exact) mass is 420 g/mol. The van der Waals surface area contributed by atoms with Gasteiger partial charge in [0.15, 0.2) is 0 Å². The number of nitrogens with zero attached hydrogens (tertiary/aromatic N) is 1. The fourth-order valence-corrected chi connectivity index (χ4v) is 3.07. The van der Waals surface area contributed by atoms with Crippen molar-refractivity contribution in [2.75, 3.05) is 20.2 Å². The number of alkyl carbamates (subject to hydrolysis) is 1. The summed E-state index contributed by atoms with van der Waals surface area (Å²) < 4.78 is 15.7. The summed E-state index contributed by atoms with van der Waals surface area (Å²) in [5.41, 5.74) is 0.0841. The van der Waals surface area contributed by atoms with E-state index in [9.17, 15) is 14.4 Å².